The molecule has 0 aliphatic carbocycles. The van der Waals surface area contributed by atoms with E-state index < -0.39 is 5.60 Å². The summed E-state index contributed by atoms with van der Waals surface area (Å²) in [6.45, 7) is 7.29. The molecule has 2 amide bonds. The maximum Gasteiger partial charge on any atom is 0.410 e. The third-order valence-corrected chi connectivity index (χ3v) is 4.64. The summed E-state index contributed by atoms with van der Waals surface area (Å²) in [6, 6.07) is 7.54. The molecule has 0 radical (unpaired) electrons. The van der Waals surface area contributed by atoms with Gasteiger partial charge in [0.2, 0.25) is 11.7 Å². The maximum atomic E-state index is 12.5. The number of halogens is 1. The largest absolute Gasteiger partial charge is 0.444 e. The molecule has 0 unspecified atom stereocenters. The van der Waals surface area contributed by atoms with E-state index >= 15 is 0 Å². The highest BCUT2D eigenvalue weighted by atomic mass is 79.9. The van der Waals surface area contributed by atoms with Crippen LogP contribution in [0.25, 0.3) is 11.4 Å². The van der Waals surface area contributed by atoms with Crippen molar-refractivity contribution in [3.05, 3.63) is 28.7 Å². The molecule has 10 heteroatoms. The molecule has 0 N–H and O–H groups in total. The number of nitrogens with zero attached hydrogens (tertiary/aromatic N) is 6. The Morgan fingerprint density at radius 1 is 1.07 bits per heavy atom. The number of tetrazole rings is 1. The van der Waals surface area contributed by atoms with Gasteiger partial charge < -0.3 is 14.5 Å². The molecule has 0 bridgehead atoms. The van der Waals surface area contributed by atoms with Crippen molar-refractivity contribution in [1.29, 1.82) is 0 Å². The molecule has 1 aromatic carbocycles. The van der Waals surface area contributed by atoms with Gasteiger partial charge >= 0.3 is 6.09 Å². The number of hydrogen-bond donors (Lipinski definition) is 0. The van der Waals surface area contributed by atoms with Gasteiger partial charge in [-0.2, -0.15) is 4.80 Å². The van der Waals surface area contributed by atoms with Gasteiger partial charge in [-0.25, -0.2) is 4.79 Å². The molecule has 1 saturated heterocycles. The van der Waals surface area contributed by atoms with Gasteiger partial charge in [0, 0.05) is 36.2 Å². The van der Waals surface area contributed by atoms with E-state index in [2.05, 4.69) is 31.3 Å². The molecule has 2 aromatic rings. The average Bonchev–Trinajstić information content (AvgIpc) is 3.09. The van der Waals surface area contributed by atoms with Crippen LogP contribution in [0.4, 0.5) is 4.79 Å². The third kappa shape index (κ3) is 5.28. The van der Waals surface area contributed by atoms with Crippen LogP contribution in [0.5, 0.6) is 0 Å². The molecule has 28 heavy (non-hydrogen) atoms. The average molecular weight is 451 g/mol. The van der Waals surface area contributed by atoms with Crippen LogP contribution < -0.4 is 0 Å². The van der Waals surface area contributed by atoms with Crippen LogP contribution in [0.2, 0.25) is 0 Å². The Hall–Kier alpha value is -2.49. The predicted molar refractivity (Wildman–Crippen MR) is 105 cm³/mol. The molecular weight excluding hydrogens is 428 g/mol. The zero-order valence-electron chi connectivity index (χ0n) is 16.1. The third-order valence-electron chi connectivity index (χ3n) is 4.12. The zero-order valence-corrected chi connectivity index (χ0v) is 17.7. The summed E-state index contributed by atoms with van der Waals surface area (Å²) in [5, 5.41) is 12.3. The van der Waals surface area contributed by atoms with Gasteiger partial charge in [0.1, 0.15) is 12.1 Å². The summed E-state index contributed by atoms with van der Waals surface area (Å²) in [4.78, 5) is 29.2. The molecule has 1 fully saturated rings. The number of ether oxygens (including phenoxy) is 1. The Labute approximate surface area is 171 Å². The van der Waals surface area contributed by atoms with Gasteiger partial charge in [-0.1, -0.05) is 15.9 Å². The van der Waals surface area contributed by atoms with E-state index in [1.807, 2.05) is 45.0 Å². The minimum Gasteiger partial charge on any atom is -0.444 e. The van der Waals surface area contributed by atoms with E-state index in [4.69, 9.17) is 4.74 Å². The van der Waals surface area contributed by atoms with Gasteiger partial charge in [0.25, 0.3) is 0 Å². The Morgan fingerprint density at radius 2 is 1.68 bits per heavy atom. The summed E-state index contributed by atoms with van der Waals surface area (Å²) in [5.74, 6) is 0.360. The predicted octanol–water partition coefficient (Wildman–Crippen LogP) is 2.18. The first-order valence-corrected chi connectivity index (χ1v) is 9.80. The Morgan fingerprint density at radius 3 is 2.29 bits per heavy atom. The maximum absolute atomic E-state index is 12.5. The van der Waals surface area contributed by atoms with Gasteiger partial charge in [-0.15, -0.1) is 10.2 Å². The van der Waals surface area contributed by atoms with Crippen molar-refractivity contribution in [2.75, 3.05) is 26.2 Å². The van der Waals surface area contributed by atoms with Crippen molar-refractivity contribution in [2.24, 2.45) is 0 Å². The number of carbonyl (C=O) groups is 2. The number of amides is 2. The Balaban J connectivity index is 1.52. The Bertz CT molecular complexity index is 838. The summed E-state index contributed by atoms with van der Waals surface area (Å²) in [7, 11) is 0. The second-order valence-corrected chi connectivity index (χ2v) is 8.41. The van der Waals surface area contributed by atoms with E-state index in [1.165, 1.54) is 4.80 Å². The zero-order chi connectivity index (χ0) is 20.3. The van der Waals surface area contributed by atoms with E-state index in [-0.39, 0.29) is 18.5 Å². The summed E-state index contributed by atoms with van der Waals surface area (Å²) >= 11 is 3.38. The van der Waals surface area contributed by atoms with Gasteiger partial charge in [0.05, 0.1) is 0 Å². The van der Waals surface area contributed by atoms with Crippen LogP contribution in [0.1, 0.15) is 20.8 Å². The molecule has 150 valence electrons. The standard InChI is InChI=1S/C18H23BrN6O3/c1-18(2,3)28-17(27)24-10-8-23(9-11-24)15(26)12-25-21-16(20-22-25)13-4-6-14(19)7-5-13/h4-7H,8-12H2,1-3H3. The quantitative estimate of drug-likeness (QED) is 0.711. The molecule has 1 aromatic heterocycles. The normalized spacial score (nSPS) is 14.9. The van der Waals surface area contributed by atoms with Crippen LogP contribution in [0.15, 0.2) is 28.7 Å². The highest BCUT2D eigenvalue weighted by Gasteiger charge is 2.28. The number of hydrogen-bond acceptors (Lipinski definition) is 6. The minimum atomic E-state index is -0.532. The highest BCUT2D eigenvalue weighted by Crippen LogP contribution is 2.17. The van der Waals surface area contributed by atoms with Crippen molar-refractivity contribution in [1.82, 2.24) is 30.0 Å². The molecule has 0 atom stereocenters. The lowest BCUT2D eigenvalue weighted by atomic mass is 10.2. The highest BCUT2D eigenvalue weighted by molar-refractivity contribution is 9.10. The lowest BCUT2D eigenvalue weighted by Crippen LogP contribution is -2.52. The summed E-state index contributed by atoms with van der Waals surface area (Å²) in [5.41, 5.74) is 0.294. The smallest absolute Gasteiger partial charge is 0.410 e. The number of aromatic nitrogens is 4. The Kier molecular flexibility index (Phi) is 5.97. The minimum absolute atomic E-state index is 0.00989. The molecular formula is C18H23BrN6O3. The molecule has 1 aliphatic heterocycles. The van der Waals surface area contributed by atoms with E-state index in [0.717, 1.165) is 10.0 Å². The van der Waals surface area contributed by atoms with E-state index in [9.17, 15) is 9.59 Å². The molecule has 1 aliphatic rings. The van der Waals surface area contributed by atoms with Crippen LogP contribution in [-0.4, -0.2) is 73.8 Å². The fraction of sp³-hybridized carbons (Fsp3) is 0.500. The summed E-state index contributed by atoms with van der Waals surface area (Å²) < 4.78 is 6.33. The van der Waals surface area contributed by atoms with Gasteiger partial charge in [0.15, 0.2) is 0 Å². The number of piperazine rings is 1. The van der Waals surface area contributed by atoms with Gasteiger partial charge in [-0.05, 0) is 50.3 Å². The number of carbonyl (C=O) groups excluding carboxylic acids is 2. The monoisotopic (exact) mass is 450 g/mol. The van der Waals surface area contributed by atoms with Crippen LogP contribution in [-0.2, 0) is 16.1 Å². The SMILES string of the molecule is CC(C)(C)OC(=O)N1CCN(C(=O)Cn2nnc(-c3ccc(Br)cc3)n2)CC1. The van der Waals surface area contributed by atoms with Crippen LogP contribution in [0.3, 0.4) is 0 Å². The van der Waals surface area contributed by atoms with Crippen molar-refractivity contribution in [2.45, 2.75) is 32.9 Å². The second-order valence-electron chi connectivity index (χ2n) is 7.50. The van der Waals surface area contributed by atoms with Crippen molar-refractivity contribution in [3.63, 3.8) is 0 Å². The lowest BCUT2D eigenvalue weighted by molar-refractivity contribution is -0.134. The topological polar surface area (TPSA) is 93.5 Å². The first kappa shape index (κ1) is 20.2. The number of rotatable bonds is 3. The molecule has 3 rings (SSSR count). The molecule has 0 spiro atoms. The van der Waals surface area contributed by atoms with Crippen LogP contribution >= 0.6 is 15.9 Å². The molecule has 2 heterocycles. The van der Waals surface area contributed by atoms with Gasteiger partial charge in [-0.3, -0.25) is 4.79 Å². The fourth-order valence-corrected chi connectivity index (χ4v) is 2.97. The van der Waals surface area contributed by atoms with E-state index in [0.29, 0.717) is 32.0 Å². The van der Waals surface area contributed by atoms with Crippen molar-refractivity contribution < 1.29 is 14.3 Å². The first-order chi connectivity index (χ1) is 13.2. The van der Waals surface area contributed by atoms with Crippen molar-refractivity contribution in [3.8, 4) is 11.4 Å². The fourth-order valence-electron chi connectivity index (χ4n) is 2.71. The summed E-state index contributed by atoms with van der Waals surface area (Å²) in [6.07, 6.45) is -0.350. The van der Waals surface area contributed by atoms with E-state index in [1.54, 1.807) is 9.80 Å². The molecule has 9 nitrogen and oxygen atoms in total. The second kappa shape index (κ2) is 8.26. The number of benzene rings is 1. The molecule has 0 saturated carbocycles. The van der Waals surface area contributed by atoms with Crippen molar-refractivity contribution >= 4 is 27.9 Å². The lowest BCUT2D eigenvalue weighted by Gasteiger charge is -2.35. The first-order valence-electron chi connectivity index (χ1n) is 9.01. The van der Waals surface area contributed by atoms with Crippen LogP contribution in [0, 0.1) is 0 Å².